The Bertz CT molecular complexity index is 574. The molecule has 0 heterocycles. The van der Waals surface area contributed by atoms with Crippen LogP contribution in [0.1, 0.15) is 26.7 Å². The number of hydrogen-bond acceptors (Lipinski definition) is 8. The number of carboxylic acid groups (broad SMARTS) is 3. The Hall–Kier alpha value is -2.82. The molecule has 0 aromatic heterocycles. The molecule has 2 unspecified atom stereocenters. The van der Waals surface area contributed by atoms with Gasteiger partial charge in [-0.1, -0.05) is 0 Å². The maximum Gasteiger partial charge on any atom is 0.375 e. The van der Waals surface area contributed by atoms with Crippen LogP contribution in [0.4, 0.5) is 0 Å². The van der Waals surface area contributed by atoms with Gasteiger partial charge >= 0.3 is 23.9 Å². The summed E-state index contributed by atoms with van der Waals surface area (Å²) < 4.78 is 4.33. The van der Waals surface area contributed by atoms with Gasteiger partial charge < -0.3 is 25.2 Å². The number of carboxylic acids is 3. The van der Waals surface area contributed by atoms with Gasteiger partial charge in [0.2, 0.25) is 17.2 Å². The molecule has 11 heteroatoms. The van der Waals surface area contributed by atoms with Gasteiger partial charge in [-0.05, 0) is 13.8 Å². The molecule has 0 aromatic carbocycles. The van der Waals surface area contributed by atoms with Gasteiger partial charge in [-0.15, -0.1) is 0 Å². The monoisotopic (exact) mass is 334 g/mol. The van der Waals surface area contributed by atoms with Crippen molar-refractivity contribution in [2.75, 3.05) is 0 Å². The molecule has 0 aliphatic rings. The molecule has 11 nitrogen and oxygen atoms in total. The minimum absolute atomic E-state index is 0.691. The highest BCUT2D eigenvalue weighted by atomic mass is 16.6. The second kappa shape index (κ2) is 6.96. The lowest BCUT2D eigenvalue weighted by Gasteiger charge is -2.24. The molecule has 0 rings (SSSR count). The van der Waals surface area contributed by atoms with Crippen LogP contribution in [0.15, 0.2) is 0 Å². The summed E-state index contributed by atoms with van der Waals surface area (Å²) in [6.07, 6.45) is -2.45. The van der Waals surface area contributed by atoms with Crippen molar-refractivity contribution in [3.8, 4) is 0 Å². The number of ketones is 2. The van der Waals surface area contributed by atoms with Crippen molar-refractivity contribution >= 4 is 35.4 Å². The summed E-state index contributed by atoms with van der Waals surface area (Å²) >= 11 is 0. The van der Waals surface area contributed by atoms with E-state index in [9.17, 15) is 33.9 Å². The maximum absolute atomic E-state index is 11.5. The van der Waals surface area contributed by atoms with Gasteiger partial charge in [-0.2, -0.15) is 0 Å². The minimum Gasteiger partial charge on any atom is -0.479 e. The van der Waals surface area contributed by atoms with Crippen LogP contribution in [-0.2, 0) is 33.5 Å². The number of carbonyl (C=O) groups is 6. The number of rotatable bonds is 9. The molecule has 4 N–H and O–H groups in total. The van der Waals surface area contributed by atoms with Gasteiger partial charge in [0.05, 0.1) is 12.8 Å². The molecule has 0 radical (unpaired) electrons. The molecule has 0 spiro atoms. The predicted molar refractivity (Wildman–Crippen MR) is 67.3 cm³/mol. The molecule has 0 aliphatic heterocycles. The fraction of sp³-hybridized carbons (Fsp3) is 0.500. The molecule has 0 aromatic rings. The molecule has 0 aliphatic carbocycles. The number of esters is 1. The Morgan fingerprint density at radius 2 is 1.30 bits per heavy atom. The fourth-order valence-electron chi connectivity index (χ4n) is 1.26. The second-order valence-electron chi connectivity index (χ2n) is 5.01. The number of hydrogen-bond donors (Lipinski definition) is 4. The van der Waals surface area contributed by atoms with E-state index < -0.39 is 59.5 Å². The normalized spacial score (nSPS) is 15.6. The fourth-order valence-corrected chi connectivity index (χ4v) is 1.26. The van der Waals surface area contributed by atoms with E-state index in [0.29, 0.717) is 6.92 Å². The Balaban J connectivity index is 5.17. The molecule has 128 valence electrons. The number of carbonyl (C=O) groups excluding carboxylic acids is 3. The van der Waals surface area contributed by atoms with Crippen LogP contribution < -0.4 is 0 Å². The number of aliphatic carboxylic acids is 3. The Kier molecular flexibility index (Phi) is 6.11. The SMILES string of the molecule is CC(O)(CC(=O)C(=O)OC(C)(CC(=O)C(=O)O)C(=O)O)C(=O)O. The van der Waals surface area contributed by atoms with Crippen molar-refractivity contribution in [2.24, 2.45) is 0 Å². The molecule has 0 fully saturated rings. The zero-order valence-electron chi connectivity index (χ0n) is 12.1. The van der Waals surface area contributed by atoms with Crippen molar-refractivity contribution in [1.82, 2.24) is 0 Å². The van der Waals surface area contributed by atoms with Crippen LogP contribution in [0.25, 0.3) is 0 Å². The van der Waals surface area contributed by atoms with Crippen LogP contribution in [0, 0.1) is 0 Å². The third-order valence-corrected chi connectivity index (χ3v) is 2.70. The average Bonchev–Trinajstić information content (AvgIpc) is 2.37. The summed E-state index contributed by atoms with van der Waals surface area (Å²) in [6, 6.07) is 0. The minimum atomic E-state index is -2.64. The first-order valence-corrected chi connectivity index (χ1v) is 5.94. The number of Topliss-reactive ketones (excluding diaryl/α,β-unsaturated/α-hetero) is 2. The maximum atomic E-state index is 11.5. The van der Waals surface area contributed by atoms with Crippen LogP contribution in [-0.4, -0.2) is 67.1 Å². The van der Waals surface area contributed by atoms with E-state index in [1.807, 2.05) is 0 Å². The molecule has 2 atom stereocenters. The smallest absolute Gasteiger partial charge is 0.375 e. The van der Waals surface area contributed by atoms with E-state index in [2.05, 4.69) is 4.74 Å². The standard InChI is InChI=1S/C12H14O11/c1-11(22,9(18)19)3-6(14)8(17)23-12(2,10(20)21)4-5(13)7(15)16/h22H,3-4H2,1-2H3,(H,15,16)(H,18,19)(H,20,21). The summed E-state index contributed by atoms with van der Waals surface area (Å²) in [5.74, 6) is -10.6. The predicted octanol–water partition coefficient (Wildman–Crippen LogP) is -1.79. The lowest BCUT2D eigenvalue weighted by Crippen LogP contribution is -2.46. The first kappa shape index (κ1) is 20.2. The van der Waals surface area contributed by atoms with Gasteiger partial charge in [0.15, 0.2) is 5.60 Å². The molecular weight excluding hydrogens is 320 g/mol. The summed E-state index contributed by atoms with van der Waals surface area (Å²) in [5, 5.41) is 35.3. The highest BCUT2D eigenvalue weighted by Crippen LogP contribution is 2.19. The van der Waals surface area contributed by atoms with Gasteiger partial charge in [0.1, 0.15) is 0 Å². The highest BCUT2D eigenvalue weighted by Gasteiger charge is 2.44. The van der Waals surface area contributed by atoms with Crippen molar-refractivity contribution in [3.05, 3.63) is 0 Å². The summed E-state index contributed by atoms with van der Waals surface area (Å²) in [6.45, 7) is 1.42. The van der Waals surface area contributed by atoms with Crippen LogP contribution >= 0.6 is 0 Å². The molecule has 0 amide bonds. The lowest BCUT2D eigenvalue weighted by atomic mass is 9.97. The quantitative estimate of drug-likeness (QED) is 0.275. The average molecular weight is 334 g/mol. The van der Waals surface area contributed by atoms with Crippen molar-refractivity contribution in [3.63, 3.8) is 0 Å². The first-order valence-electron chi connectivity index (χ1n) is 5.94. The largest absolute Gasteiger partial charge is 0.479 e. The van der Waals surface area contributed by atoms with Crippen LogP contribution in [0.5, 0.6) is 0 Å². The van der Waals surface area contributed by atoms with Gasteiger partial charge in [0.25, 0.3) is 0 Å². The Morgan fingerprint density at radius 3 is 1.65 bits per heavy atom. The topological polar surface area (TPSA) is 193 Å². The van der Waals surface area contributed by atoms with Gasteiger partial charge in [-0.25, -0.2) is 19.2 Å². The van der Waals surface area contributed by atoms with E-state index in [1.165, 1.54) is 0 Å². The Morgan fingerprint density at radius 1 is 0.826 bits per heavy atom. The number of aliphatic hydroxyl groups is 1. The van der Waals surface area contributed by atoms with Crippen LogP contribution in [0.2, 0.25) is 0 Å². The zero-order chi connectivity index (χ0) is 18.6. The van der Waals surface area contributed by atoms with Crippen molar-refractivity contribution in [1.29, 1.82) is 0 Å². The lowest BCUT2D eigenvalue weighted by molar-refractivity contribution is -0.182. The Labute approximate surface area is 128 Å². The highest BCUT2D eigenvalue weighted by molar-refractivity contribution is 6.35. The van der Waals surface area contributed by atoms with E-state index in [4.69, 9.17) is 15.3 Å². The molecule has 0 saturated heterocycles. The third-order valence-electron chi connectivity index (χ3n) is 2.70. The number of ether oxygens (including phenoxy) is 1. The molecule has 23 heavy (non-hydrogen) atoms. The molecule has 0 saturated carbocycles. The summed E-state index contributed by atoms with van der Waals surface area (Å²) in [4.78, 5) is 66.2. The zero-order valence-corrected chi connectivity index (χ0v) is 12.1. The van der Waals surface area contributed by atoms with Gasteiger partial charge in [0, 0.05) is 0 Å². The van der Waals surface area contributed by atoms with Crippen molar-refractivity contribution < 1.29 is 53.9 Å². The molecule has 0 bridgehead atoms. The van der Waals surface area contributed by atoms with E-state index >= 15 is 0 Å². The van der Waals surface area contributed by atoms with Crippen LogP contribution in [0.3, 0.4) is 0 Å². The third kappa shape index (κ3) is 5.47. The summed E-state index contributed by atoms with van der Waals surface area (Å²) in [5.41, 5.74) is -5.23. The summed E-state index contributed by atoms with van der Waals surface area (Å²) in [7, 11) is 0. The van der Waals surface area contributed by atoms with E-state index in [0.717, 1.165) is 6.92 Å². The molecular formula is C12H14O11. The van der Waals surface area contributed by atoms with E-state index in [-0.39, 0.29) is 0 Å². The second-order valence-corrected chi connectivity index (χ2v) is 5.01. The first-order chi connectivity index (χ1) is 10.2. The van der Waals surface area contributed by atoms with Crippen molar-refractivity contribution in [2.45, 2.75) is 37.9 Å². The van der Waals surface area contributed by atoms with Gasteiger partial charge in [-0.3, -0.25) is 9.59 Å². The van der Waals surface area contributed by atoms with E-state index in [1.54, 1.807) is 0 Å².